The average Bonchev–Trinajstić information content (AvgIpc) is 2.96. The number of aliphatic carboxylic acids is 1. The summed E-state index contributed by atoms with van der Waals surface area (Å²) in [7, 11) is 4.53. The molecule has 0 bridgehead atoms. The lowest BCUT2D eigenvalue weighted by atomic mass is 9.98. The van der Waals surface area contributed by atoms with E-state index in [1.54, 1.807) is 6.07 Å². The van der Waals surface area contributed by atoms with Gasteiger partial charge < -0.3 is 24.6 Å². The van der Waals surface area contributed by atoms with Crippen LogP contribution in [-0.2, 0) is 4.79 Å². The van der Waals surface area contributed by atoms with Crippen LogP contribution in [0.5, 0.6) is 17.2 Å². The minimum Gasteiger partial charge on any atom is -0.495 e. The molecule has 2 unspecified atom stereocenters. The Kier molecular flexibility index (Phi) is 4.80. The molecular weight excluding hydrogens is 298 g/mol. The topological polar surface area (TPSA) is 77.0 Å². The molecule has 1 aromatic carbocycles. The van der Waals surface area contributed by atoms with Gasteiger partial charge in [0.15, 0.2) is 11.5 Å². The fourth-order valence-corrected chi connectivity index (χ4v) is 2.94. The van der Waals surface area contributed by atoms with Crippen molar-refractivity contribution >= 4 is 17.6 Å². The smallest absolute Gasteiger partial charge is 0.307 e. The van der Waals surface area contributed by atoms with Crippen LogP contribution < -0.4 is 19.5 Å². The standard InChI is InChI=1S/C14H18ClNO5/c1-19-10-5-8(9-4-7(6-16-9)14(17)18)12(20-2)11(15)13(10)21-3/h5,7,9,16H,4,6H2,1-3H3,(H,17,18). The number of methoxy groups -OCH3 is 3. The van der Waals surface area contributed by atoms with E-state index in [-0.39, 0.29) is 6.04 Å². The second-order valence-corrected chi connectivity index (χ2v) is 5.16. The summed E-state index contributed by atoms with van der Waals surface area (Å²) in [4.78, 5) is 11.1. The van der Waals surface area contributed by atoms with Gasteiger partial charge in [0, 0.05) is 18.2 Å². The van der Waals surface area contributed by atoms with Crippen LogP contribution in [0, 0.1) is 5.92 Å². The van der Waals surface area contributed by atoms with Crippen LogP contribution >= 0.6 is 11.6 Å². The summed E-state index contributed by atoms with van der Waals surface area (Å²) in [6, 6.07) is 1.61. The number of rotatable bonds is 5. The summed E-state index contributed by atoms with van der Waals surface area (Å²) in [5.74, 6) is 0.117. The summed E-state index contributed by atoms with van der Waals surface area (Å²) < 4.78 is 15.9. The fourth-order valence-electron chi connectivity index (χ4n) is 2.58. The SMILES string of the molecule is COc1cc(C2CC(C(=O)O)CN2)c(OC)c(Cl)c1OC. The minimum absolute atomic E-state index is 0.154. The first kappa shape index (κ1) is 15.7. The molecule has 0 spiro atoms. The van der Waals surface area contributed by atoms with Gasteiger partial charge in [-0.2, -0.15) is 0 Å². The number of carbonyl (C=O) groups is 1. The van der Waals surface area contributed by atoms with Crippen molar-refractivity contribution in [1.82, 2.24) is 5.32 Å². The van der Waals surface area contributed by atoms with E-state index < -0.39 is 11.9 Å². The van der Waals surface area contributed by atoms with Crippen LogP contribution in [0.2, 0.25) is 5.02 Å². The maximum absolute atomic E-state index is 11.1. The van der Waals surface area contributed by atoms with E-state index in [1.165, 1.54) is 21.3 Å². The van der Waals surface area contributed by atoms with Crippen LogP contribution in [0.1, 0.15) is 18.0 Å². The summed E-state index contributed by atoms with van der Waals surface area (Å²) in [6.07, 6.45) is 0.470. The van der Waals surface area contributed by atoms with E-state index >= 15 is 0 Å². The number of ether oxygens (including phenoxy) is 3. The number of benzene rings is 1. The normalized spacial score (nSPS) is 21.1. The highest BCUT2D eigenvalue weighted by atomic mass is 35.5. The number of nitrogens with one attached hydrogen (secondary N) is 1. The van der Waals surface area contributed by atoms with Crippen LogP contribution in [0.15, 0.2) is 6.07 Å². The molecule has 0 radical (unpaired) electrons. The van der Waals surface area contributed by atoms with Gasteiger partial charge in [0.25, 0.3) is 0 Å². The minimum atomic E-state index is -0.810. The van der Waals surface area contributed by atoms with Crippen molar-refractivity contribution in [3.63, 3.8) is 0 Å². The number of hydrogen-bond acceptors (Lipinski definition) is 5. The lowest BCUT2D eigenvalue weighted by molar-refractivity contribution is -0.141. The Morgan fingerprint density at radius 3 is 2.43 bits per heavy atom. The van der Waals surface area contributed by atoms with E-state index in [2.05, 4.69) is 5.32 Å². The Hall–Kier alpha value is -1.66. The molecule has 1 aromatic rings. The van der Waals surface area contributed by atoms with Crippen LogP contribution in [-0.4, -0.2) is 38.9 Å². The molecule has 0 aromatic heterocycles. The second kappa shape index (κ2) is 6.41. The molecule has 1 saturated heterocycles. The number of carboxylic acids is 1. The predicted molar refractivity (Wildman–Crippen MR) is 77.6 cm³/mol. The first-order chi connectivity index (χ1) is 10.0. The van der Waals surface area contributed by atoms with E-state index in [9.17, 15) is 4.79 Å². The summed E-state index contributed by atoms with van der Waals surface area (Å²) in [5.41, 5.74) is 0.768. The molecule has 116 valence electrons. The largest absolute Gasteiger partial charge is 0.495 e. The monoisotopic (exact) mass is 315 g/mol. The van der Waals surface area contributed by atoms with Crippen LogP contribution in [0.3, 0.4) is 0 Å². The Morgan fingerprint density at radius 1 is 1.29 bits per heavy atom. The molecule has 1 aliphatic rings. The maximum Gasteiger partial charge on any atom is 0.307 e. The highest BCUT2D eigenvalue weighted by Crippen LogP contribution is 2.47. The lowest BCUT2D eigenvalue weighted by Gasteiger charge is -2.20. The Morgan fingerprint density at radius 2 is 1.95 bits per heavy atom. The van der Waals surface area contributed by atoms with Crippen molar-refractivity contribution < 1.29 is 24.1 Å². The van der Waals surface area contributed by atoms with Gasteiger partial charge in [-0.15, -0.1) is 0 Å². The molecule has 6 nitrogen and oxygen atoms in total. The zero-order chi connectivity index (χ0) is 15.6. The van der Waals surface area contributed by atoms with Gasteiger partial charge in [0.05, 0.1) is 27.2 Å². The molecule has 21 heavy (non-hydrogen) atoms. The lowest BCUT2D eigenvalue weighted by Crippen LogP contribution is -2.17. The van der Waals surface area contributed by atoms with E-state index in [1.807, 2.05) is 0 Å². The maximum atomic E-state index is 11.1. The zero-order valence-corrected chi connectivity index (χ0v) is 12.9. The summed E-state index contributed by atoms with van der Waals surface area (Å²) in [6.45, 7) is 0.412. The third kappa shape index (κ3) is 2.87. The zero-order valence-electron chi connectivity index (χ0n) is 12.1. The third-order valence-corrected chi connectivity index (χ3v) is 4.00. The number of hydrogen-bond donors (Lipinski definition) is 2. The van der Waals surface area contributed by atoms with E-state index in [4.69, 9.17) is 30.9 Å². The first-order valence-corrected chi connectivity index (χ1v) is 6.85. The van der Waals surface area contributed by atoms with Gasteiger partial charge in [-0.3, -0.25) is 4.79 Å². The fraction of sp³-hybridized carbons (Fsp3) is 0.500. The summed E-state index contributed by atoms with van der Waals surface area (Å²) in [5, 5.41) is 12.6. The molecule has 2 rings (SSSR count). The highest BCUT2D eigenvalue weighted by Gasteiger charge is 2.33. The molecule has 2 N–H and O–H groups in total. The van der Waals surface area contributed by atoms with Gasteiger partial charge in [0.1, 0.15) is 10.8 Å². The average molecular weight is 316 g/mol. The van der Waals surface area contributed by atoms with Crippen molar-refractivity contribution in [1.29, 1.82) is 0 Å². The van der Waals surface area contributed by atoms with Gasteiger partial charge in [-0.05, 0) is 12.5 Å². The molecule has 0 aliphatic carbocycles. The van der Waals surface area contributed by atoms with Crippen LogP contribution in [0.25, 0.3) is 0 Å². The third-order valence-electron chi connectivity index (χ3n) is 3.65. The molecule has 1 fully saturated rings. The van der Waals surface area contributed by atoms with Crippen molar-refractivity contribution in [3.8, 4) is 17.2 Å². The highest BCUT2D eigenvalue weighted by molar-refractivity contribution is 6.34. The van der Waals surface area contributed by atoms with E-state index in [0.717, 1.165) is 5.56 Å². The molecular formula is C14H18ClNO5. The van der Waals surface area contributed by atoms with Crippen molar-refractivity contribution in [3.05, 3.63) is 16.7 Å². The van der Waals surface area contributed by atoms with Crippen molar-refractivity contribution in [2.45, 2.75) is 12.5 Å². The van der Waals surface area contributed by atoms with Crippen molar-refractivity contribution in [2.24, 2.45) is 5.92 Å². The second-order valence-electron chi connectivity index (χ2n) is 4.78. The summed E-state index contributed by atoms with van der Waals surface area (Å²) >= 11 is 6.30. The van der Waals surface area contributed by atoms with Crippen molar-refractivity contribution in [2.75, 3.05) is 27.9 Å². The van der Waals surface area contributed by atoms with Gasteiger partial charge in [0.2, 0.25) is 0 Å². The van der Waals surface area contributed by atoms with Gasteiger partial charge in [-0.1, -0.05) is 11.6 Å². The Bertz CT molecular complexity index is 549. The molecule has 7 heteroatoms. The van der Waals surface area contributed by atoms with E-state index in [0.29, 0.717) is 35.2 Å². The molecule has 0 saturated carbocycles. The molecule has 2 atom stereocenters. The quantitative estimate of drug-likeness (QED) is 0.866. The first-order valence-electron chi connectivity index (χ1n) is 6.48. The Labute approximate surface area is 127 Å². The predicted octanol–water partition coefficient (Wildman–Crippen LogP) is 2.10. The Balaban J connectivity index is 2.44. The molecule has 0 amide bonds. The van der Waals surface area contributed by atoms with Crippen LogP contribution in [0.4, 0.5) is 0 Å². The molecule has 1 heterocycles. The van der Waals surface area contributed by atoms with Gasteiger partial charge >= 0.3 is 5.97 Å². The molecule has 1 aliphatic heterocycles. The van der Waals surface area contributed by atoms with Gasteiger partial charge in [-0.25, -0.2) is 0 Å². The number of carboxylic acid groups (broad SMARTS) is 1. The number of halogens is 1.